The average molecular weight is 343 g/mol. The van der Waals surface area contributed by atoms with E-state index in [4.69, 9.17) is 11.6 Å². The number of nitrogens with one attached hydrogen (secondary N) is 2. The van der Waals surface area contributed by atoms with E-state index in [1.807, 2.05) is 0 Å². The predicted molar refractivity (Wildman–Crippen MR) is 91.2 cm³/mol. The third-order valence-electron chi connectivity index (χ3n) is 3.92. The van der Waals surface area contributed by atoms with Gasteiger partial charge < -0.3 is 15.2 Å². The molecule has 6 nitrogen and oxygen atoms in total. The number of para-hydroxylation sites is 1. The van der Waals surface area contributed by atoms with Gasteiger partial charge in [-0.05, 0) is 25.0 Å². The van der Waals surface area contributed by atoms with Gasteiger partial charge in [-0.15, -0.1) is 0 Å². The van der Waals surface area contributed by atoms with E-state index in [1.165, 1.54) is 6.92 Å². The van der Waals surface area contributed by atoms with Crippen molar-refractivity contribution >= 4 is 34.8 Å². The first-order valence-corrected chi connectivity index (χ1v) is 7.89. The smallest absolute Gasteiger partial charge is 0.274 e. The maximum Gasteiger partial charge on any atom is 0.274 e. The van der Waals surface area contributed by atoms with Crippen LogP contribution in [-0.2, 0) is 17.8 Å². The van der Waals surface area contributed by atoms with Crippen molar-refractivity contribution in [3.8, 4) is 6.07 Å². The number of rotatable bonds is 3. The number of anilines is 2. The molecule has 24 heavy (non-hydrogen) atoms. The Kier molecular flexibility index (Phi) is 4.28. The number of amides is 2. The van der Waals surface area contributed by atoms with Crippen LogP contribution < -0.4 is 10.6 Å². The molecule has 1 aromatic heterocycles. The summed E-state index contributed by atoms with van der Waals surface area (Å²) >= 11 is 6.09. The monoisotopic (exact) mass is 342 g/mol. The van der Waals surface area contributed by atoms with Gasteiger partial charge in [-0.3, -0.25) is 9.59 Å². The van der Waals surface area contributed by atoms with Crippen LogP contribution in [0.15, 0.2) is 24.3 Å². The molecule has 1 aromatic carbocycles. The van der Waals surface area contributed by atoms with Crippen molar-refractivity contribution in [1.29, 1.82) is 5.26 Å². The molecular weight excluding hydrogens is 328 g/mol. The fourth-order valence-corrected chi connectivity index (χ4v) is 3.16. The van der Waals surface area contributed by atoms with Crippen molar-refractivity contribution < 1.29 is 9.59 Å². The Hall–Kier alpha value is -2.78. The van der Waals surface area contributed by atoms with Gasteiger partial charge in [-0.25, -0.2) is 0 Å². The minimum absolute atomic E-state index is 0.268. The number of hydrogen-bond donors (Lipinski definition) is 2. The maximum absolute atomic E-state index is 12.8. The fourth-order valence-electron chi connectivity index (χ4n) is 2.98. The lowest BCUT2D eigenvalue weighted by Gasteiger charge is -2.11. The van der Waals surface area contributed by atoms with Crippen molar-refractivity contribution in [2.24, 2.45) is 0 Å². The minimum Gasteiger partial charge on any atom is -0.337 e. The van der Waals surface area contributed by atoms with Gasteiger partial charge in [0.2, 0.25) is 5.91 Å². The topological polar surface area (TPSA) is 86.9 Å². The van der Waals surface area contributed by atoms with Gasteiger partial charge >= 0.3 is 0 Å². The first kappa shape index (κ1) is 16.1. The number of hydrogen-bond acceptors (Lipinski definition) is 3. The van der Waals surface area contributed by atoms with Crippen LogP contribution in [-0.4, -0.2) is 16.4 Å². The molecule has 0 fully saturated rings. The van der Waals surface area contributed by atoms with Crippen LogP contribution in [0.2, 0.25) is 5.02 Å². The summed E-state index contributed by atoms with van der Waals surface area (Å²) in [6.45, 7) is 1.98. The van der Waals surface area contributed by atoms with Gasteiger partial charge in [-0.1, -0.05) is 23.7 Å². The van der Waals surface area contributed by atoms with E-state index in [0.29, 0.717) is 29.2 Å². The lowest BCUT2D eigenvalue weighted by molar-refractivity contribution is -0.114. The first-order valence-electron chi connectivity index (χ1n) is 7.52. The largest absolute Gasteiger partial charge is 0.337 e. The maximum atomic E-state index is 12.8. The molecule has 0 bridgehead atoms. The molecule has 2 amide bonds. The Bertz CT molecular complexity index is 879. The van der Waals surface area contributed by atoms with Crippen LogP contribution >= 0.6 is 11.6 Å². The van der Waals surface area contributed by atoms with Crippen molar-refractivity contribution in [2.75, 3.05) is 10.6 Å². The molecule has 0 saturated carbocycles. The quantitative estimate of drug-likeness (QED) is 0.898. The van der Waals surface area contributed by atoms with Gasteiger partial charge in [0, 0.05) is 19.2 Å². The Balaban J connectivity index is 2.06. The number of nitrogens with zero attached hydrogens (tertiary/aromatic N) is 2. The molecule has 2 N–H and O–H groups in total. The van der Waals surface area contributed by atoms with Crippen LogP contribution in [0, 0.1) is 11.3 Å². The van der Waals surface area contributed by atoms with Crippen LogP contribution in [0.25, 0.3) is 0 Å². The van der Waals surface area contributed by atoms with Crippen LogP contribution in [0.3, 0.4) is 0 Å². The number of fused-ring (bicyclic) bond motifs is 1. The highest BCUT2D eigenvalue weighted by Crippen LogP contribution is 2.34. The molecule has 2 aromatic rings. The van der Waals surface area contributed by atoms with Crippen LogP contribution in [0.1, 0.15) is 35.1 Å². The second-order valence-corrected chi connectivity index (χ2v) is 5.93. The zero-order chi connectivity index (χ0) is 17.3. The second-order valence-electron chi connectivity index (χ2n) is 5.53. The Labute approximate surface area is 144 Å². The zero-order valence-corrected chi connectivity index (χ0v) is 13.8. The first-order chi connectivity index (χ1) is 11.5. The number of aromatic nitrogens is 1. The van der Waals surface area contributed by atoms with E-state index in [9.17, 15) is 14.9 Å². The molecular formula is C17H15ClN4O2. The van der Waals surface area contributed by atoms with Crippen LogP contribution in [0.4, 0.5) is 11.4 Å². The molecule has 0 aliphatic carbocycles. The summed E-state index contributed by atoms with van der Waals surface area (Å²) in [6, 6.07) is 9.01. The number of halogens is 1. The highest BCUT2D eigenvalue weighted by molar-refractivity contribution is 6.34. The predicted octanol–water partition coefficient (Wildman–Crippen LogP) is 3.17. The van der Waals surface area contributed by atoms with Gasteiger partial charge in [-0.2, -0.15) is 5.26 Å². The summed E-state index contributed by atoms with van der Waals surface area (Å²) in [5.41, 5.74) is 2.17. The second kappa shape index (κ2) is 6.38. The van der Waals surface area contributed by atoms with Crippen molar-refractivity contribution in [3.05, 3.63) is 46.2 Å². The molecule has 0 radical (unpaired) electrons. The highest BCUT2D eigenvalue weighted by Gasteiger charge is 2.30. The molecule has 0 atom stereocenters. The summed E-state index contributed by atoms with van der Waals surface area (Å²) < 4.78 is 1.80. The summed E-state index contributed by atoms with van der Waals surface area (Å²) in [5, 5.41) is 15.3. The molecule has 122 valence electrons. The average Bonchev–Trinajstić information content (AvgIpc) is 3.08. The molecule has 7 heteroatoms. The number of nitriles is 1. The van der Waals surface area contributed by atoms with E-state index in [2.05, 4.69) is 16.7 Å². The normalized spacial score (nSPS) is 12.4. The molecule has 2 heterocycles. The molecule has 1 aliphatic rings. The Morgan fingerprint density at radius 1 is 1.29 bits per heavy atom. The summed E-state index contributed by atoms with van der Waals surface area (Å²) in [5.74, 6) is -0.737. The van der Waals surface area contributed by atoms with Gasteiger partial charge in [0.15, 0.2) is 0 Å². The third kappa shape index (κ3) is 2.74. The number of carbonyl (C=O) groups is 2. The summed E-state index contributed by atoms with van der Waals surface area (Å²) in [7, 11) is 0. The number of carbonyl (C=O) groups excluding carboxylic acids is 2. The van der Waals surface area contributed by atoms with E-state index in [-0.39, 0.29) is 17.3 Å². The third-order valence-corrected chi connectivity index (χ3v) is 4.25. The zero-order valence-electron chi connectivity index (χ0n) is 13.0. The van der Waals surface area contributed by atoms with Gasteiger partial charge in [0.05, 0.1) is 22.0 Å². The van der Waals surface area contributed by atoms with Crippen LogP contribution in [0.5, 0.6) is 0 Å². The van der Waals surface area contributed by atoms with E-state index in [0.717, 1.165) is 12.1 Å². The molecule has 0 spiro atoms. The number of benzene rings is 1. The lowest BCUT2D eigenvalue weighted by Crippen LogP contribution is -2.20. The standard InChI is InChI=1S/C17H15ClN4O2/c1-10(23)20-15-11(9-19)14-7-4-8-22(14)16(15)17(24)21-13-6-3-2-5-12(13)18/h2-3,5-6H,4,7-8H2,1H3,(H,20,23)(H,21,24). The van der Waals surface area contributed by atoms with Gasteiger partial charge in [0.25, 0.3) is 5.91 Å². The van der Waals surface area contributed by atoms with Crippen molar-refractivity contribution in [1.82, 2.24) is 4.57 Å². The van der Waals surface area contributed by atoms with E-state index < -0.39 is 5.91 Å². The van der Waals surface area contributed by atoms with E-state index >= 15 is 0 Å². The summed E-state index contributed by atoms with van der Waals surface area (Å²) in [4.78, 5) is 24.3. The van der Waals surface area contributed by atoms with Gasteiger partial charge in [0.1, 0.15) is 11.8 Å². The molecule has 1 aliphatic heterocycles. The lowest BCUT2D eigenvalue weighted by atomic mass is 10.1. The Morgan fingerprint density at radius 3 is 2.71 bits per heavy atom. The fraction of sp³-hybridized carbons (Fsp3) is 0.235. The minimum atomic E-state index is -0.406. The van der Waals surface area contributed by atoms with E-state index in [1.54, 1.807) is 28.8 Å². The van der Waals surface area contributed by atoms with Crippen molar-refractivity contribution in [3.63, 3.8) is 0 Å². The highest BCUT2D eigenvalue weighted by atomic mass is 35.5. The molecule has 3 rings (SSSR count). The van der Waals surface area contributed by atoms with Crippen molar-refractivity contribution in [2.45, 2.75) is 26.3 Å². The molecule has 0 unspecified atom stereocenters. The summed E-state index contributed by atoms with van der Waals surface area (Å²) in [6.07, 6.45) is 1.56. The molecule has 0 saturated heterocycles. The Morgan fingerprint density at radius 2 is 2.04 bits per heavy atom. The SMILES string of the molecule is CC(=O)Nc1c(C#N)c2n(c1C(=O)Nc1ccccc1Cl)CCC2.